The number of fused-ring (bicyclic) bond motifs is 2. The van der Waals surface area contributed by atoms with Gasteiger partial charge in [-0.2, -0.15) is 0 Å². The van der Waals surface area contributed by atoms with Crippen LogP contribution in [0.1, 0.15) is 28.8 Å². The Hall–Kier alpha value is -3.11. The average molecular weight is 586 g/mol. The zero-order valence-electron chi connectivity index (χ0n) is 19.6. The van der Waals surface area contributed by atoms with Gasteiger partial charge in [0.2, 0.25) is 5.91 Å². The minimum atomic E-state index is -2.93. The van der Waals surface area contributed by atoms with E-state index in [4.69, 9.17) is 13.7 Å². The standard InChI is InChI=1S/C27H28FIN4O2/c1-16-12-20(13-19-6-9-24(34)33-25(16)19)17(2)31-11-10-22-14-23-27(35-15-29(23,3)30)26(32-22)18-4-7-21(28)8-5-18/h4-5,7-8,12-14,31H,2-3,6,9-11,15,30H2,1H3,(H,33,34). The molecule has 0 saturated heterocycles. The van der Waals surface area contributed by atoms with Gasteiger partial charge in [0.05, 0.1) is 0 Å². The number of nitrogens with two attached hydrogens (primary N) is 1. The molecule has 0 aliphatic carbocycles. The Morgan fingerprint density at radius 3 is 2.80 bits per heavy atom. The Kier molecular flexibility index (Phi) is 6.18. The summed E-state index contributed by atoms with van der Waals surface area (Å²) < 4.78 is 31.7. The Labute approximate surface area is 208 Å². The number of aryl methyl sites for hydroxylation is 2. The number of nitrogens with zero attached hydrogens (tertiary/aromatic N) is 1. The summed E-state index contributed by atoms with van der Waals surface area (Å²) in [6, 6.07) is 12.4. The number of benzene rings is 2. The summed E-state index contributed by atoms with van der Waals surface area (Å²) in [7, 11) is 0. The summed E-state index contributed by atoms with van der Waals surface area (Å²) in [6.45, 7) is 6.84. The topological polar surface area (TPSA) is 89.3 Å². The number of carbonyl (C=O) groups is 1. The van der Waals surface area contributed by atoms with Crippen LogP contribution in [0.5, 0.6) is 5.75 Å². The number of aromatic nitrogens is 1. The molecule has 3 heterocycles. The van der Waals surface area contributed by atoms with Crippen LogP contribution in [0.15, 0.2) is 49.0 Å². The Morgan fingerprint density at radius 2 is 2.03 bits per heavy atom. The first kappa shape index (κ1) is 23.6. The van der Waals surface area contributed by atoms with Crippen LogP contribution < -0.4 is 19.3 Å². The van der Waals surface area contributed by atoms with Crippen LogP contribution in [-0.4, -0.2) is 26.6 Å². The van der Waals surface area contributed by atoms with Crippen molar-refractivity contribution in [3.8, 4) is 17.0 Å². The van der Waals surface area contributed by atoms with Gasteiger partial charge in [0.25, 0.3) is 0 Å². The molecule has 0 bridgehead atoms. The molecule has 8 heteroatoms. The first-order chi connectivity index (χ1) is 16.7. The van der Waals surface area contributed by atoms with E-state index in [1.165, 1.54) is 12.1 Å². The second-order valence-electron chi connectivity index (χ2n) is 8.94. The number of nitrogens with one attached hydrogen (secondary N) is 2. The van der Waals surface area contributed by atoms with E-state index >= 15 is 0 Å². The summed E-state index contributed by atoms with van der Waals surface area (Å²) in [5.74, 6) is 0.445. The van der Waals surface area contributed by atoms with E-state index in [0.29, 0.717) is 35.4 Å². The van der Waals surface area contributed by atoms with Gasteiger partial charge < -0.3 is 0 Å². The maximum atomic E-state index is 13.5. The molecule has 1 unspecified atom stereocenters. The molecule has 1 amide bonds. The van der Waals surface area contributed by atoms with Crippen LogP contribution in [0, 0.1) is 16.3 Å². The smallest absolute Gasteiger partial charge is 0.275 e. The zero-order valence-corrected chi connectivity index (χ0v) is 21.7. The van der Waals surface area contributed by atoms with E-state index in [1.54, 1.807) is 12.1 Å². The molecule has 0 fully saturated rings. The van der Waals surface area contributed by atoms with Gasteiger partial charge in [-0.25, -0.2) is 0 Å². The van der Waals surface area contributed by atoms with Gasteiger partial charge in [-0.3, -0.25) is 4.79 Å². The van der Waals surface area contributed by atoms with E-state index in [9.17, 15) is 9.18 Å². The Balaban J connectivity index is 1.35. The number of amides is 1. The quantitative estimate of drug-likeness (QED) is 0.221. The van der Waals surface area contributed by atoms with Crippen LogP contribution in [0.2, 0.25) is 0 Å². The van der Waals surface area contributed by atoms with Gasteiger partial charge in [-0.15, -0.1) is 0 Å². The maximum absolute atomic E-state index is 13.5. The van der Waals surface area contributed by atoms with Crippen LogP contribution in [0.25, 0.3) is 17.0 Å². The third kappa shape index (κ3) is 4.72. The number of hydrogen-bond donors (Lipinski definition) is 3. The van der Waals surface area contributed by atoms with Crippen molar-refractivity contribution in [3.63, 3.8) is 0 Å². The Bertz CT molecular complexity index is 1400. The molecule has 0 saturated carbocycles. The molecular weight excluding hydrogens is 558 g/mol. The fraction of sp³-hybridized carbons (Fsp3) is 0.222. The molecule has 0 spiro atoms. The normalized spacial score (nSPS) is 20.1. The van der Waals surface area contributed by atoms with E-state index in [0.717, 1.165) is 49.3 Å². The third-order valence-electron chi connectivity index (χ3n) is 6.27. The van der Waals surface area contributed by atoms with Crippen molar-refractivity contribution < 1.29 is 13.9 Å². The predicted octanol–water partition coefficient (Wildman–Crippen LogP) is 4.75. The fourth-order valence-corrected chi connectivity index (χ4v) is 7.98. The van der Waals surface area contributed by atoms with Crippen molar-refractivity contribution in [1.82, 2.24) is 10.3 Å². The number of anilines is 1. The van der Waals surface area contributed by atoms with Crippen molar-refractivity contribution in [1.29, 1.82) is 0 Å². The number of carbonyl (C=O) groups excluding carboxylic acids is 1. The molecule has 2 aliphatic heterocycles. The van der Waals surface area contributed by atoms with Crippen molar-refractivity contribution in [2.75, 3.05) is 16.5 Å². The molecule has 1 aromatic heterocycles. The molecule has 4 N–H and O–H groups in total. The molecule has 2 aliphatic rings. The van der Waals surface area contributed by atoms with Crippen LogP contribution in [0.3, 0.4) is 0 Å². The van der Waals surface area contributed by atoms with Gasteiger partial charge in [0, 0.05) is 0 Å². The molecule has 5 rings (SSSR count). The Morgan fingerprint density at radius 1 is 1.26 bits per heavy atom. The predicted molar refractivity (Wildman–Crippen MR) is 148 cm³/mol. The van der Waals surface area contributed by atoms with Gasteiger partial charge in [-0.05, 0) is 0 Å². The number of halogens is 2. The van der Waals surface area contributed by atoms with E-state index < -0.39 is 18.2 Å². The van der Waals surface area contributed by atoms with Crippen molar-refractivity contribution in [2.24, 2.45) is 3.95 Å². The average Bonchev–Trinajstić information content (AvgIpc) is 3.14. The van der Waals surface area contributed by atoms with E-state index in [-0.39, 0.29) is 11.7 Å². The van der Waals surface area contributed by atoms with Gasteiger partial charge in [0.1, 0.15) is 0 Å². The minimum Gasteiger partial charge on any atom is -0.275 e. The number of ether oxygens (including phenoxy) is 1. The second-order valence-corrected chi connectivity index (χ2v) is 15.7. The number of rotatable bonds is 6. The number of alkyl halides is 1. The first-order valence-electron chi connectivity index (χ1n) is 11.3. The van der Waals surface area contributed by atoms with Crippen molar-refractivity contribution in [2.45, 2.75) is 26.2 Å². The molecular formula is C27H28FIN4O2. The summed E-state index contributed by atoms with van der Waals surface area (Å²) >= 11 is -2.93. The number of hydrogen-bond acceptors (Lipinski definition) is 5. The minimum absolute atomic E-state index is 0.0605. The molecule has 2 aromatic carbocycles. The summed E-state index contributed by atoms with van der Waals surface area (Å²) in [4.78, 5) is 16.6. The summed E-state index contributed by atoms with van der Waals surface area (Å²) in [5, 5.41) is 6.38. The summed E-state index contributed by atoms with van der Waals surface area (Å²) in [5.41, 5.74) is 7.25. The molecule has 1 atom stereocenters. The van der Waals surface area contributed by atoms with Crippen molar-refractivity contribution >= 4 is 40.0 Å². The van der Waals surface area contributed by atoms with Gasteiger partial charge >= 0.3 is 198 Å². The van der Waals surface area contributed by atoms with E-state index in [2.05, 4.69) is 27.8 Å². The van der Waals surface area contributed by atoms with Crippen LogP contribution >= 0.6 is 18.2 Å². The molecule has 182 valence electrons. The van der Waals surface area contributed by atoms with Gasteiger partial charge in [0.15, 0.2) is 0 Å². The second kappa shape index (κ2) is 9.16. The van der Waals surface area contributed by atoms with Crippen LogP contribution in [0.4, 0.5) is 10.1 Å². The molecule has 35 heavy (non-hydrogen) atoms. The van der Waals surface area contributed by atoms with Crippen molar-refractivity contribution in [3.05, 3.63) is 80.8 Å². The van der Waals surface area contributed by atoms with Gasteiger partial charge in [-0.1, -0.05) is 0 Å². The molecule has 3 aromatic rings. The van der Waals surface area contributed by atoms with Crippen LogP contribution in [-0.2, 0) is 17.6 Å². The summed E-state index contributed by atoms with van der Waals surface area (Å²) in [6.07, 6.45) is 1.88. The number of pyridine rings is 1. The third-order valence-corrected chi connectivity index (χ3v) is 10.8. The van der Waals surface area contributed by atoms with E-state index in [1.807, 2.05) is 19.1 Å². The SMILES string of the molecule is C=C(NCCc1cc2c(c(-c3ccc(F)cc3)n1)OCI2(=C)N)c1cc(C)c2c(c1)CCC(=O)N2. The zero-order chi connectivity index (χ0) is 24.7. The molecule has 0 radical (unpaired) electrons. The fourth-order valence-electron chi connectivity index (χ4n) is 4.41. The molecule has 6 nitrogen and oxygen atoms in total. The monoisotopic (exact) mass is 586 g/mol. The first-order valence-corrected chi connectivity index (χ1v) is 16.7.